The molecule has 1 amide bonds. The highest BCUT2D eigenvalue weighted by Crippen LogP contribution is 2.24. The van der Waals surface area contributed by atoms with E-state index in [4.69, 9.17) is 0 Å². The third-order valence-electron chi connectivity index (χ3n) is 3.98. The van der Waals surface area contributed by atoms with Crippen molar-refractivity contribution in [2.24, 2.45) is 0 Å². The average Bonchev–Trinajstić information content (AvgIpc) is 2.66. The maximum absolute atomic E-state index is 12.6. The molecule has 2 rings (SSSR count). The summed E-state index contributed by atoms with van der Waals surface area (Å²) in [6.07, 6.45) is 1.74. The Kier molecular flexibility index (Phi) is 7.89. The molecule has 7 heteroatoms. The molecule has 146 valence electrons. The summed E-state index contributed by atoms with van der Waals surface area (Å²) in [5.41, 5.74) is 1.17. The molecule has 0 spiro atoms. The van der Waals surface area contributed by atoms with Crippen molar-refractivity contribution in [3.8, 4) is 0 Å². The zero-order valence-electron chi connectivity index (χ0n) is 15.9. The lowest BCUT2D eigenvalue weighted by molar-refractivity contribution is 0.102. The van der Waals surface area contributed by atoms with Crippen LogP contribution in [0.4, 0.5) is 5.69 Å². The lowest BCUT2D eigenvalue weighted by atomic mass is 10.2. The minimum Gasteiger partial charge on any atom is -0.322 e. The van der Waals surface area contributed by atoms with Gasteiger partial charge in [-0.2, -0.15) is 0 Å². The number of hydrogen-bond acceptors (Lipinski definition) is 4. The van der Waals surface area contributed by atoms with Gasteiger partial charge in [0.15, 0.2) is 0 Å². The second kappa shape index (κ2) is 9.92. The van der Waals surface area contributed by atoms with Crippen LogP contribution in [0.3, 0.4) is 0 Å². The summed E-state index contributed by atoms with van der Waals surface area (Å²) in [7, 11) is -3.55. The molecular weight excluding hydrogens is 380 g/mol. The third-order valence-corrected chi connectivity index (χ3v) is 6.87. The maximum atomic E-state index is 12.6. The van der Waals surface area contributed by atoms with Gasteiger partial charge in [0.2, 0.25) is 10.0 Å². The predicted octanol–water partition coefficient (Wildman–Crippen LogP) is 4.52. The van der Waals surface area contributed by atoms with E-state index in [0.29, 0.717) is 17.7 Å². The highest BCUT2D eigenvalue weighted by atomic mass is 32.2. The van der Waals surface area contributed by atoms with E-state index in [1.54, 1.807) is 30.0 Å². The summed E-state index contributed by atoms with van der Waals surface area (Å²) in [5.74, 6) is 0.738. The molecule has 0 saturated carbocycles. The number of rotatable bonds is 9. The number of hydrogen-bond donors (Lipinski definition) is 2. The first-order valence-electron chi connectivity index (χ1n) is 9.03. The Morgan fingerprint density at radius 2 is 1.74 bits per heavy atom. The van der Waals surface area contributed by atoms with E-state index in [1.165, 1.54) is 12.1 Å². The summed E-state index contributed by atoms with van der Waals surface area (Å²) in [6.45, 7) is 5.84. The molecule has 27 heavy (non-hydrogen) atoms. The summed E-state index contributed by atoms with van der Waals surface area (Å²) in [6, 6.07) is 13.5. The van der Waals surface area contributed by atoms with Crippen LogP contribution < -0.4 is 10.0 Å². The van der Waals surface area contributed by atoms with E-state index in [0.717, 1.165) is 17.1 Å². The van der Waals surface area contributed by atoms with E-state index in [2.05, 4.69) is 17.0 Å². The van der Waals surface area contributed by atoms with Gasteiger partial charge >= 0.3 is 0 Å². The van der Waals surface area contributed by atoms with Crippen molar-refractivity contribution in [2.45, 2.75) is 49.4 Å². The number of nitrogens with one attached hydrogen (secondary N) is 2. The number of thioether (sulfide) groups is 1. The molecule has 0 heterocycles. The quantitative estimate of drug-likeness (QED) is 0.601. The summed E-state index contributed by atoms with van der Waals surface area (Å²) < 4.78 is 27.2. The molecular formula is C20H26N2O3S2. The van der Waals surface area contributed by atoms with Gasteiger partial charge in [0, 0.05) is 16.6 Å². The standard InChI is InChI=1S/C20H26N2O3S2/c1-4-14-26-19-9-7-6-8-18(19)20(23)21-16-10-12-17(13-11-16)27(24,25)22-15(3)5-2/h6-13,15,22H,4-5,14H2,1-3H3,(H,21,23). The van der Waals surface area contributed by atoms with E-state index >= 15 is 0 Å². The van der Waals surface area contributed by atoms with Gasteiger partial charge in [-0.05, 0) is 61.9 Å². The van der Waals surface area contributed by atoms with Gasteiger partial charge in [-0.3, -0.25) is 4.79 Å². The molecule has 0 fully saturated rings. The van der Waals surface area contributed by atoms with Gasteiger partial charge < -0.3 is 5.32 Å². The van der Waals surface area contributed by atoms with E-state index < -0.39 is 10.0 Å². The van der Waals surface area contributed by atoms with Gasteiger partial charge in [0.05, 0.1) is 10.5 Å². The second-order valence-corrected chi connectivity index (χ2v) is 9.10. The molecule has 0 saturated heterocycles. The number of anilines is 1. The molecule has 0 aromatic heterocycles. The molecule has 2 aromatic carbocycles. The Balaban J connectivity index is 2.12. The van der Waals surface area contributed by atoms with Gasteiger partial charge in [0.25, 0.3) is 5.91 Å². The van der Waals surface area contributed by atoms with Crippen LogP contribution in [0.2, 0.25) is 0 Å². The summed E-state index contributed by atoms with van der Waals surface area (Å²) >= 11 is 1.65. The van der Waals surface area contributed by atoms with Crippen molar-refractivity contribution < 1.29 is 13.2 Å². The van der Waals surface area contributed by atoms with Crippen LogP contribution in [0.15, 0.2) is 58.3 Å². The Labute approximate surface area is 166 Å². The molecule has 0 aliphatic carbocycles. The number of benzene rings is 2. The highest BCUT2D eigenvalue weighted by Gasteiger charge is 2.17. The first-order chi connectivity index (χ1) is 12.9. The normalized spacial score (nSPS) is 12.6. The van der Waals surface area contributed by atoms with Crippen molar-refractivity contribution in [3.05, 3.63) is 54.1 Å². The first-order valence-corrected chi connectivity index (χ1v) is 11.5. The SMILES string of the molecule is CCCSc1ccccc1C(=O)Nc1ccc(S(=O)(=O)NC(C)CC)cc1. The zero-order chi connectivity index (χ0) is 19.9. The summed E-state index contributed by atoms with van der Waals surface area (Å²) in [4.78, 5) is 13.7. The van der Waals surface area contributed by atoms with Crippen LogP contribution in [-0.2, 0) is 10.0 Å². The number of amides is 1. The largest absolute Gasteiger partial charge is 0.322 e. The smallest absolute Gasteiger partial charge is 0.256 e. The first kappa shape index (κ1) is 21.5. The van der Waals surface area contributed by atoms with Crippen LogP contribution >= 0.6 is 11.8 Å². The molecule has 0 aliphatic rings. The van der Waals surface area contributed by atoms with Crippen LogP contribution in [0.5, 0.6) is 0 Å². The molecule has 2 N–H and O–H groups in total. The number of carbonyl (C=O) groups excluding carboxylic acids is 1. The maximum Gasteiger partial charge on any atom is 0.256 e. The van der Waals surface area contributed by atoms with E-state index in [1.807, 2.05) is 32.0 Å². The van der Waals surface area contributed by atoms with Gasteiger partial charge in [-0.1, -0.05) is 26.0 Å². The fourth-order valence-electron chi connectivity index (χ4n) is 2.32. The molecule has 0 bridgehead atoms. The lowest BCUT2D eigenvalue weighted by Crippen LogP contribution is -2.31. The van der Waals surface area contributed by atoms with Crippen molar-refractivity contribution in [1.29, 1.82) is 0 Å². The number of carbonyl (C=O) groups is 1. The second-order valence-electron chi connectivity index (χ2n) is 6.25. The van der Waals surface area contributed by atoms with Gasteiger partial charge in [0.1, 0.15) is 0 Å². The van der Waals surface area contributed by atoms with Crippen molar-refractivity contribution in [1.82, 2.24) is 4.72 Å². The van der Waals surface area contributed by atoms with Gasteiger partial charge in [-0.15, -0.1) is 11.8 Å². The van der Waals surface area contributed by atoms with Crippen molar-refractivity contribution >= 4 is 33.4 Å². The monoisotopic (exact) mass is 406 g/mol. The van der Waals surface area contributed by atoms with Crippen LogP contribution in [0.25, 0.3) is 0 Å². The van der Waals surface area contributed by atoms with Gasteiger partial charge in [-0.25, -0.2) is 13.1 Å². The molecule has 0 aliphatic heterocycles. The van der Waals surface area contributed by atoms with E-state index in [9.17, 15) is 13.2 Å². The fourth-order valence-corrected chi connectivity index (χ4v) is 4.57. The Hall–Kier alpha value is -1.83. The molecule has 1 unspecified atom stereocenters. The lowest BCUT2D eigenvalue weighted by Gasteiger charge is -2.13. The number of sulfonamides is 1. The molecule has 0 radical (unpaired) electrons. The predicted molar refractivity (Wildman–Crippen MR) is 112 cm³/mol. The van der Waals surface area contributed by atoms with Crippen molar-refractivity contribution in [2.75, 3.05) is 11.1 Å². The van der Waals surface area contributed by atoms with E-state index in [-0.39, 0.29) is 16.8 Å². The van der Waals surface area contributed by atoms with Crippen LogP contribution in [0, 0.1) is 0 Å². The Bertz CT molecular complexity index is 865. The van der Waals surface area contributed by atoms with Crippen LogP contribution in [-0.4, -0.2) is 26.1 Å². The average molecular weight is 407 g/mol. The minimum absolute atomic E-state index is 0.133. The Morgan fingerprint density at radius 3 is 2.37 bits per heavy atom. The molecule has 2 aromatic rings. The molecule has 5 nitrogen and oxygen atoms in total. The minimum atomic E-state index is -3.55. The Morgan fingerprint density at radius 1 is 1.07 bits per heavy atom. The third kappa shape index (κ3) is 6.09. The van der Waals surface area contributed by atoms with Crippen LogP contribution in [0.1, 0.15) is 44.0 Å². The topological polar surface area (TPSA) is 75.3 Å². The molecule has 1 atom stereocenters. The highest BCUT2D eigenvalue weighted by molar-refractivity contribution is 7.99. The summed E-state index contributed by atoms with van der Waals surface area (Å²) in [5, 5.41) is 2.84. The zero-order valence-corrected chi connectivity index (χ0v) is 17.5. The fraction of sp³-hybridized carbons (Fsp3) is 0.350. The van der Waals surface area contributed by atoms with Crippen molar-refractivity contribution in [3.63, 3.8) is 0 Å².